The predicted molar refractivity (Wildman–Crippen MR) is 314 cm³/mol. The van der Waals surface area contributed by atoms with Gasteiger partial charge >= 0.3 is 0 Å². The van der Waals surface area contributed by atoms with E-state index < -0.39 is 23.6 Å². The maximum Gasteiger partial charge on any atom is 0.268 e. The Bertz CT molecular complexity index is 3030. The number of hydrogen-bond donors (Lipinski definition) is 5. The lowest BCUT2D eigenvalue weighted by Crippen LogP contribution is -2.57. The average Bonchev–Trinajstić information content (AvgIpc) is 4.28. The maximum atomic E-state index is 14.2. The topological polar surface area (TPSA) is 205 Å². The van der Waals surface area contributed by atoms with Crippen molar-refractivity contribution in [3.63, 3.8) is 0 Å². The van der Waals surface area contributed by atoms with E-state index >= 15 is 0 Å². The number of aryl methyl sites for hydroxylation is 1. The number of amides is 6. The van der Waals surface area contributed by atoms with Gasteiger partial charge in [0.15, 0.2) is 0 Å². The van der Waals surface area contributed by atoms with Crippen molar-refractivity contribution < 1.29 is 33.9 Å². The highest BCUT2D eigenvalue weighted by Crippen LogP contribution is 2.49. The summed E-state index contributed by atoms with van der Waals surface area (Å²) < 4.78 is 2.19. The molecule has 1 aliphatic carbocycles. The number of anilines is 1. The van der Waals surface area contributed by atoms with Gasteiger partial charge in [0.2, 0.25) is 23.6 Å². The first kappa shape index (κ1) is 58.9. The van der Waals surface area contributed by atoms with Crippen LogP contribution in [0.2, 0.25) is 0 Å². The summed E-state index contributed by atoms with van der Waals surface area (Å²) >= 11 is 1.58. The van der Waals surface area contributed by atoms with Gasteiger partial charge in [-0.15, -0.1) is 11.3 Å². The van der Waals surface area contributed by atoms with Crippen molar-refractivity contribution in [3.8, 4) is 10.4 Å². The number of benzene rings is 3. The number of piperazine rings is 1. The van der Waals surface area contributed by atoms with Gasteiger partial charge in [0.05, 0.1) is 33.8 Å². The Labute approximate surface area is 480 Å². The summed E-state index contributed by atoms with van der Waals surface area (Å²) in [5, 5.41) is 22.9. The zero-order chi connectivity index (χ0) is 57.6. The molecule has 432 valence electrons. The fraction of sp³-hybridized carbons (Fsp3) is 0.500. The fourth-order valence-electron chi connectivity index (χ4n) is 11.9. The van der Waals surface area contributed by atoms with Gasteiger partial charge in [0, 0.05) is 116 Å². The molecule has 3 aromatic carbocycles. The molecule has 0 bridgehead atoms. The van der Waals surface area contributed by atoms with Gasteiger partial charge in [0.25, 0.3) is 11.8 Å². The number of carbonyl (C=O) groups excluding carboxylic acids is 6. The molecule has 3 fully saturated rings. The molecule has 5 N–H and O–H groups in total. The highest BCUT2D eigenvalue weighted by Gasteiger charge is 2.49. The van der Waals surface area contributed by atoms with Crippen molar-refractivity contribution in [1.29, 1.82) is 0 Å². The SMILES string of the molecule is Cc1ncsc1-c1ccc([C@H](C)NC(=O)[C@@H]2C[C@@H](O)CN2C(=O)[C@@H](NC(=O)CCCN2CCN(CCC(=O)Nc3ccc(CNC(=O)c4ccc5n4CCN(Cc4ccc(C(=O)N(C)C)cc4)C54CCC4)cc3)CC2)C(C)(C)C)cc1. The molecular weight excluding hydrogens is 1040 g/mol. The Balaban J connectivity index is 0.662. The van der Waals surface area contributed by atoms with Crippen LogP contribution in [0.4, 0.5) is 5.69 Å². The lowest BCUT2D eigenvalue weighted by Gasteiger charge is -2.53. The van der Waals surface area contributed by atoms with E-state index in [1.807, 2.05) is 119 Å². The van der Waals surface area contributed by atoms with Crippen LogP contribution >= 0.6 is 11.3 Å². The van der Waals surface area contributed by atoms with E-state index in [1.165, 1.54) is 16.2 Å². The van der Waals surface area contributed by atoms with Crippen molar-refractivity contribution in [1.82, 2.24) is 50.0 Å². The molecule has 4 atom stereocenters. The molecule has 5 heterocycles. The highest BCUT2D eigenvalue weighted by molar-refractivity contribution is 7.13. The second-order valence-electron chi connectivity index (χ2n) is 23.8. The molecule has 1 spiro atoms. The molecule has 18 nitrogen and oxygen atoms in total. The normalized spacial score (nSPS) is 19.0. The summed E-state index contributed by atoms with van der Waals surface area (Å²) in [5.74, 6) is -1.16. The van der Waals surface area contributed by atoms with Crippen molar-refractivity contribution in [2.45, 2.75) is 129 Å². The second-order valence-corrected chi connectivity index (χ2v) is 24.7. The van der Waals surface area contributed by atoms with Crippen LogP contribution in [0, 0.1) is 12.3 Å². The van der Waals surface area contributed by atoms with E-state index in [2.05, 4.69) is 51.6 Å². The molecule has 5 aromatic rings. The van der Waals surface area contributed by atoms with Crippen LogP contribution in [-0.4, -0.2) is 159 Å². The van der Waals surface area contributed by atoms with Crippen LogP contribution in [0.25, 0.3) is 10.4 Å². The van der Waals surface area contributed by atoms with Gasteiger partial charge < -0.3 is 50.5 Å². The summed E-state index contributed by atoms with van der Waals surface area (Å²) in [7, 11) is 3.52. The third-order valence-electron chi connectivity index (χ3n) is 16.8. The van der Waals surface area contributed by atoms with Crippen LogP contribution in [0.1, 0.15) is 128 Å². The molecule has 3 aliphatic heterocycles. The molecule has 81 heavy (non-hydrogen) atoms. The zero-order valence-electron chi connectivity index (χ0n) is 48.1. The van der Waals surface area contributed by atoms with Crippen LogP contribution in [0.15, 0.2) is 90.4 Å². The number of aliphatic hydroxyl groups excluding tert-OH is 1. The number of fused-ring (bicyclic) bond motifs is 2. The highest BCUT2D eigenvalue weighted by atomic mass is 32.1. The van der Waals surface area contributed by atoms with E-state index in [-0.39, 0.29) is 66.4 Å². The molecule has 1 saturated carbocycles. The van der Waals surface area contributed by atoms with Crippen LogP contribution in [-0.2, 0) is 44.4 Å². The third kappa shape index (κ3) is 13.9. The number of likely N-dealkylation sites (tertiary alicyclic amines) is 1. The smallest absolute Gasteiger partial charge is 0.268 e. The number of nitrogens with zero attached hydrogens (tertiary/aromatic N) is 7. The maximum absolute atomic E-state index is 14.2. The summed E-state index contributed by atoms with van der Waals surface area (Å²) in [5.41, 5.74) is 9.32. The predicted octanol–water partition coefficient (Wildman–Crippen LogP) is 6.54. The quantitative estimate of drug-likeness (QED) is 0.0566. The van der Waals surface area contributed by atoms with Gasteiger partial charge in [-0.3, -0.25) is 33.7 Å². The largest absolute Gasteiger partial charge is 0.391 e. The number of thiazole rings is 1. The average molecular weight is 1120 g/mol. The summed E-state index contributed by atoms with van der Waals surface area (Å²) in [6.07, 6.45) is 3.67. The van der Waals surface area contributed by atoms with Crippen LogP contribution < -0.4 is 21.3 Å². The molecule has 2 aromatic heterocycles. The monoisotopic (exact) mass is 1120 g/mol. The van der Waals surface area contributed by atoms with Gasteiger partial charge in [-0.1, -0.05) is 69.3 Å². The van der Waals surface area contributed by atoms with Gasteiger partial charge in [-0.05, 0) is 110 Å². The van der Waals surface area contributed by atoms with Crippen molar-refractivity contribution in [3.05, 3.63) is 130 Å². The van der Waals surface area contributed by atoms with E-state index in [0.717, 1.165) is 98.9 Å². The van der Waals surface area contributed by atoms with Crippen molar-refractivity contribution in [2.75, 3.05) is 71.8 Å². The number of carbonyl (C=O) groups is 6. The molecule has 2 saturated heterocycles. The molecule has 0 unspecified atom stereocenters. The van der Waals surface area contributed by atoms with E-state index in [9.17, 15) is 33.9 Å². The minimum Gasteiger partial charge on any atom is -0.391 e. The van der Waals surface area contributed by atoms with E-state index in [1.54, 1.807) is 30.3 Å². The first-order chi connectivity index (χ1) is 38.8. The summed E-state index contributed by atoms with van der Waals surface area (Å²) in [4.78, 5) is 96.1. The number of hydrogen-bond acceptors (Lipinski definition) is 12. The standard InChI is InChI=1S/C62H81N11O7S/c1-41(45-17-19-46(20-18-45)55-42(2)64-40-81-55)65-58(78)51-36-49(74)39-73(51)60(80)56(61(3,4)5)67-53(75)10-8-28-69-30-32-70(33-31-69)29-25-54(76)66-48-21-13-43(14-22-48)37-63-57(77)50-23-24-52-62(26-9-27-62)71(34-35-72(50)52)38-44-11-15-47(16-12-44)59(79)68(6)7/h11-24,40-41,49,51,56,74H,8-10,25-39H2,1-7H3,(H,63,77)(H,65,78)(H,66,76)(H,67,75)/t41-,49+,51-,56+/m0/s1. The second kappa shape index (κ2) is 25.6. The summed E-state index contributed by atoms with van der Waals surface area (Å²) in [6.45, 7) is 16.8. The number of nitrogens with one attached hydrogen (secondary N) is 4. The number of rotatable bonds is 20. The number of aromatic nitrogens is 2. The minimum atomic E-state index is -0.896. The minimum absolute atomic E-state index is 0.00723. The molecular formula is C62H81N11O7S. The van der Waals surface area contributed by atoms with Crippen LogP contribution in [0.5, 0.6) is 0 Å². The number of β-amino-alcohol motifs (C(OH)–C–C–N with tert-alkyl or cyclic N) is 1. The summed E-state index contributed by atoms with van der Waals surface area (Å²) in [6, 6.07) is 25.4. The fourth-order valence-corrected chi connectivity index (χ4v) is 12.7. The first-order valence-electron chi connectivity index (χ1n) is 28.7. The Morgan fingerprint density at radius 1 is 0.802 bits per heavy atom. The van der Waals surface area contributed by atoms with E-state index in [4.69, 9.17) is 0 Å². The first-order valence-corrected chi connectivity index (χ1v) is 29.6. The van der Waals surface area contributed by atoms with Crippen LogP contribution in [0.3, 0.4) is 0 Å². The molecule has 19 heteroatoms. The van der Waals surface area contributed by atoms with Crippen molar-refractivity contribution in [2.24, 2.45) is 5.41 Å². The van der Waals surface area contributed by atoms with Crippen molar-refractivity contribution >= 4 is 52.5 Å². The Morgan fingerprint density at radius 3 is 2.11 bits per heavy atom. The van der Waals surface area contributed by atoms with E-state index in [0.29, 0.717) is 42.9 Å². The van der Waals surface area contributed by atoms with Gasteiger partial charge in [-0.25, -0.2) is 4.98 Å². The number of aliphatic hydroxyl groups is 1. The zero-order valence-corrected chi connectivity index (χ0v) is 48.9. The third-order valence-corrected chi connectivity index (χ3v) is 17.8. The lowest BCUT2D eigenvalue weighted by atomic mass is 9.71. The Kier molecular flexibility index (Phi) is 18.6. The lowest BCUT2D eigenvalue weighted by molar-refractivity contribution is -0.144. The van der Waals surface area contributed by atoms with Gasteiger partial charge in [-0.2, -0.15) is 0 Å². The Hall–Kier alpha value is -6.77. The Morgan fingerprint density at radius 2 is 1.48 bits per heavy atom. The molecule has 0 radical (unpaired) electrons. The molecule has 4 aliphatic rings. The molecule has 6 amide bonds. The molecule has 9 rings (SSSR count). The van der Waals surface area contributed by atoms with Gasteiger partial charge in [0.1, 0.15) is 17.8 Å².